The minimum Gasteiger partial charge on any atom is -0.495 e. The number of ketones is 1. The van der Waals surface area contributed by atoms with Crippen molar-refractivity contribution in [1.82, 2.24) is 0 Å². The number of carbonyl (C=O) groups is 1. The van der Waals surface area contributed by atoms with Gasteiger partial charge in [0.05, 0.1) is 18.4 Å². The van der Waals surface area contributed by atoms with Gasteiger partial charge in [-0.15, -0.1) is 0 Å². The molecule has 0 aliphatic carbocycles. The standard InChI is InChI=1S/C12H12O2S/c1-9(13)10-5-6-12(14-2)11(8-10)4-3-7-15/h5-6,8,15H,7H2,1-2H3. The maximum absolute atomic E-state index is 11.2. The first-order chi connectivity index (χ1) is 7.19. The molecule has 0 amide bonds. The van der Waals surface area contributed by atoms with Crippen LogP contribution in [-0.2, 0) is 0 Å². The number of rotatable bonds is 2. The molecule has 0 unspecified atom stereocenters. The topological polar surface area (TPSA) is 26.3 Å². The second-order valence-corrected chi connectivity index (χ2v) is 3.25. The highest BCUT2D eigenvalue weighted by atomic mass is 32.1. The summed E-state index contributed by atoms with van der Waals surface area (Å²) in [6, 6.07) is 5.21. The zero-order valence-corrected chi connectivity index (χ0v) is 9.60. The number of thiol groups is 1. The molecule has 0 heterocycles. The number of carbonyl (C=O) groups excluding carboxylic acids is 1. The van der Waals surface area contributed by atoms with Gasteiger partial charge in [0.1, 0.15) is 5.75 Å². The Hall–Kier alpha value is -1.40. The molecule has 3 heteroatoms. The molecular formula is C12H12O2S. The maximum Gasteiger partial charge on any atom is 0.159 e. The molecule has 0 spiro atoms. The highest BCUT2D eigenvalue weighted by Crippen LogP contribution is 2.19. The Morgan fingerprint density at radius 2 is 2.27 bits per heavy atom. The molecule has 0 fully saturated rings. The van der Waals surface area contributed by atoms with Gasteiger partial charge in [-0.05, 0) is 25.1 Å². The summed E-state index contributed by atoms with van der Waals surface area (Å²) in [7, 11) is 1.58. The Morgan fingerprint density at radius 3 is 2.80 bits per heavy atom. The molecular weight excluding hydrogens is 208 g/mol. The van der Waals surface area contributed by atoms with Crippen LogP contribution in [0.15, 0.2) is 18.2 Å². The van der Waals surface area contributed by atoms with E-state index in [-0.39, 0.29) is 5.78 Å². The molecule has 15 heavy (non-hydrogen) atoms. The SMILES string of the molecule is COc1ccc(C(C)=O)cc1C#CCS. The van der Waals surface area contributed by atoms with Crippen LogP contribution in [0.2, 0.25) is 0 Å². The molecule has 1 rings (SSSR count). The summed E-state index contributed by atoms with van der Waals surface area (Å²) in [5, 5.41) is 0. The summed E-state index contributed by atoms with van der Waals surface area (Å²) in [6.45, 7) is 1.53. The Bertz CT molecular complexity index is 427. The Labute approximate surface area is 95.1 Å². The molecule has 0 aromatic heterocycles. The van der Waals surface area contributed by atoms with Crippen molar-refractivity contribution in [1.29, 1.82) is 0 Å². The third kappa shape index (κ3) is 3.03. The summed E-state index contributed by atoms with van der Waals surface area (Å²) in [6.07, 6.45) is 0. The number of Topliss-reactive ketones (excluding diaryl/α,β-unsaturated/α-hetero) is 1. The monoisotopic (exact) mass is 220 g/mol. The average molecular weight is 220 g/mol. The van der Waals surface area contributed by atoms with Crippen LogP contribution in [0.4, 0.5) is 0 Å². The molecule has 0 radical (unpaired) electrons. The fourth-order valence-electron chi connectivity index (χ4n) is 1.16. The average Bonchev–Trinajstić information content (AvgIpc) is 2.25. The fourth-order valence-corrected chi connectivity index (χ4v) is 1.24. The van der Waals surface area contributed by atoms with Crippen molar-refractivity contribution in [3.05, 3.63) is 29.3 Å². The highest BCUT2D eigenvalue weighted by Gasteiger charge is 2.04. The van der Waals surface area contributed by atoms with Gasteiger partial charge in [0, 0.05) is 5.56 Å². The molecule has 0 aliphatic rings. The van der Waals surface area contributed by atoms with Crippen LogP contribution in [-0.4, -0.2) is 18.6 Å². The van der Waals surface area contributed by atoms with Crippen LogP contribution in [0, 0.1) is 11.8 Å². The molecule has 0 aliphatic heterocycles. The molecule has 0 atom stereocenters. The predicted molar refractivity (Wildman–Crippen MR) is 63.7 cm³/mol. The first-order valence-electron chi connectivity index (χ1n) is 4.47. The van der Waals surface area contributed by atoms with Crippen molar-refractivity contribution in [3.63, 3.8) is 0 Å². The van der Waals surface area contributed by atoms with Crippen molar-refractivity contribution in [3.8, 4) is 17.6 Å². The van der Waals surface area contributed by atoms with E-state index in [9.17, 15) is 4.79 Å². The summed E-state index contributed by atoms with van der Waals surface area (Å²) in [5.74, 6) is 6.91. The lowest BCUT2D eigenvalue weighted by molar-refractivity contribution is 0.101. The van der Waals surface area contributed by atoms with Crippen LogP contribution in [0.1, 0.15) is 22.8 Å². The van der Waals surface area contributed by atoms with Crippen molar-refractivity contribution < 1.29 is 9.53 Å². The first-order valence-corrected chi connectivity index (χ1v) is 5.11. The van der Waals surface area contributed by atoms with E-state index >= 15 is 0 Å². The zero-order chi connectivity index (χ0) is 11.3. The zero-order valence-electron chi connectivity index (χ0n) is 8.70. The normalized spacial score (nSPS) is 9.00. The van der Waals surface area contributed by atoms with Crippen molar-refractivity contribution >= 4 is 18.4 Å². The predicted octanol–water partition coefficient (Wildman–Crippen LogP) is 2.18. The summed E-state index contributed by atoms with van der Waals surface area (Å²) < 4.78 is 5.14. The van der Waals surface area contributed by atoms with Gasteiger partial charge in [0.2, 0.25) is 0 Å². The van der Waals surface area contributed by atoms with Crippen LogP contribution in [0.3, 0.4) is 0 Å². The van der Waals surface area contributed by atoms with Gasteiger partial charge in [-0.25, -0.2) is 0 Å². The molecule has 0 saturated carbocycles. The molecule has 1 aromatic carbocycles. The number of hydrogen-bond donors (Lipinski definition) is 1. The largest absolute Gasteiger partial charge is 0.495 e. The molecule has 0 N–H and O–H groups in total. The van der Waals surface area contributed by atoms with Crippen LogP contribution < -0.4 is 4.74 Å². The second kappa shape index (κ2) is 5.47. The van der Waals surface area contributed by atoms with Crippen LogP contribution >= 0.6 is 12.6 Å². The third-order valence-corrected chi connectivity index (χ3v) is 2.07. The number of benzene rings is 1. The van der Waals surface area contributed by atoms with E-state index in [1.54, 1.807) is 25.3 Å². The Kier molecular flexibility index (Phi) is 4.26. The van der Waals surface area contributed by atoms with Gasteiger partial charge in [0.15, 0.2) is 5.78 Å². The van der Waals surface area contributed by atoms with E-state index < -0.39 is 0 Å². The maximum atomic E-state index is 11.2. The van der Waals surface area contributed by atoms with Gasteiger partial charge in [0.25, 0.3) is 0 Å². The van der Waals surface area contributed by atoms with Crippen LogP contribution in [0.25, 0.3) is 0 Å². The van der Waals surface area contributed by atoms with E-state index in [0.717, 1.165) is 5.56 Å². The first kappa shape index (κ1) is 11.7. The van der Waals surface area contributed by atoms with Gasteiger partial charge in [-0.2, -0.15) is 12.6 Å². The molecule has 0 saturated heterocycles. The Morgan fingerprint density at radius 1 is 1.53 bits per heavy atom. The molecule has 78 valence electrons. The molecule has 1 aromatic rings. The summed E-state index contributed by atoms with van der Waals surface area (Å²) in [4.78, 5) is 11.2. The fraction of sp³-hybridized carbons (Fsp3) is 0.250. The lowest BCUT2D eigenvalue weighted by atomic mass is 10.1. The van der Waals surface area contributed by atoms with E-state index in [4.69, 9.17) is 4.74 Å². The van der Waals surface area contributed by atoms with Crippen molar-refractivity contribution in [2.45, 2.75) is 6.92 Å². The second-order valence-electron chi connectivity index (χ2n) is 2.93. The summed E-state index contributed by atoms with van der Waals surface area (Å²) in [5.41, 5.74) is 1.36. The molecule has 0 bridgehead atoms. The van der Waals surface area contributed by atoms with Crippen molar-refractivity contribution in [2.24, 2.45) is 0 Å². The number of methoxy groups -OCH3 is 1. The lowest BCUT2D eigenvalue weighted by Crippen LogP contribution is -1.95. The Balaban J connectivity index is 3.19. The van der Waals surface area contributed by atoms with E-state index in [0.29, 0.717) is 17.1 Å². The minimum atomic E-state index is 0.0200. The van der Waals surface area contributed by atoms with E-state index in [1.165, 1.54) is 6.92 Å². The third-order valence-electron chi connectivity index (χ3n) is 1.91. The quantitative estimate of drug-likeness (QED) is 0.470. The summed E-state index contributed by atoms with van der Waals surface area (Å²) >= 11 is 4.00. The van der Waals surface area contributed by atoms with E-state index in [2.05, 4.69) is 24.5 Å². The lowest BCUT2D eigenvalue weighted by Gasteiger charge is -2.04. The smallest absolute Gasteiger partial charge is 0.159 e. The molecule has 2 nitrogen and oxygen atoms in total. The van der Waals surface area contributed by atoms with Gasteiger partial charge < -0.3 is 4.74 Å². The van der Waals surface area contributed by atoms with Gasteiger partial charge in [-0.3, -0.25) is 4.79 Å². The number of ether oxygens (including phenoxy) is 1. The van der Waals surface area contributed by atoms with Crippen molar-refractivity contribution in [2.75, 3.05) is 12.9 Å². The van der Waals surface area contributed by atoms with Gasteiger partial charge in [-0.1, -0.05) is 11.8 Å². The van der Waals surface area contributed by atoms with Gasteiger partial charge >= 0.3 is 0 Å². The highest BCUT2D eigenvalue weighted by molar-refractivity contribution is 7.80. The number of hydrogen-bond acceptors (Lipinski definition) is 3. The van der Waals surface area contributed by atoms with E-state index in [1.807, 2.05) is 0 Å². The van der Waals surface area contributed by atoms with Crippen LogP contribution in [0.5, 0.6) is 5.75 Å². The minimum absolute atomic E-state index is 0.0200.